The summed E-state index contributed by atoms with van der Waals surface area (Å²) in [5, 5.41) is 16.8. The summed E-state index contributed by atoms with van der Waals surface area (Å²) in [7, 11) is 1.80. The van der Waals surface area contributed by atoms with E-state index in [2.05, 4.69) is 27.5 Å². The van der Waals surface area contributed by atoms with Crippen molar-refractivity contribution in [2.75, 3.05) is 24.2 Å². The van der Waals surface area contributed by atoms with Crippen LogP contribution in [0.5, 0.6) is 0 Å². The second-order valence-corrected chi connectivity index (χ2v) is 5.75. The second kappa shape index (κ2) is 5.74. The Hall–Kier alpha value is -1.36. The molecule has 1 aliphatic rings. The molecule has 3 N–H and O–H groups in total. The number of nitrogens with zero attached hydrogens (tertiary/aromatic N) is 2. The first-order valence-electron chi connectivity index (χ1n) is 7.00. The Morgan fingerprint density at radius 2 is 2.26 bits per heavy atom. The number of rotatable bonds is 4. The van der Waals surface area contributed by atoms with Crippen LogP contribution < -0.4 is 10.6 Å². The topological polar surface area (TPSA) is 70.1 Å². The molecule has 1 aromatic heterocycles. The van der Waals surface area contributed by atoms with Gasteiger partial charge in [-0.05, 0) is 25.7 Å². The van der Waals surface area contributed by atoms with Crippen molar-refractivity contribution in [1.82, 2.24) is 9.97 Å². The van der Waals surface area contributed by atoms with Gasteiger partial charge in [0.05, 0.1) is 5.60 Å². The average molecular weight is 264 g/mol. The van der Waals surface area contributed by atoms with Gasteiger partial charge in [-0.25, -0.2) is 4.98 Å². The Morgan fingerprint density at radius 3 is 2.95 bits per heavy atom. The average Bonchev–Trinajstić information content (AvgIpc) is 2.35. The lowest BCUT2D eigenvalue weighted by atomic mass is 9.79. The fourth-order valence-electron chi connectivity index (χ4n) is 2.82. The molecule has 106 valence electrons. The molecule has 1 saturated carbocycles. The highest BCUT2D eigenvalue weighted by Crippen LogP contribution is 2.32. The molecule has 0 bridgehead atoms. The molecule has 1 aliphatic carbocycles. The normalized spacial score (nSPS) is 27.1. The van der Waals surface area contributed by atoms with Gasteiger partial charge >= 0.3 is 0 Å². The molecule has 5 heteroatoms. The van der Waals surface area contributed by atoms with Gasteiger partial charge in [0.15, 0.2) is 0 Å². The standard InChI is InChI=1S/C14H24N4O/c1-10-5-4-6-14(19,8-10)9-16-12-7-11(2)17-13(15-3)18-12/h7,10,19H,4-6,8-9H2,1-3H3,(H2,15,16,17,18). The zero-order chi connectivity index (χ0) is 13.9. The zero-order valence-electron chi connectivity index (χ0n) is 12.0. The second-order valence-electron chi connectivity index (χ2n) is 5.75. The maximum absolute atomic E-state index is 10.6. The molecule has 0 radical (unpaired) electrons. The van der Waals surface area contributed by atoms with Gasteiger partial charge in [0.25, 0.3) is 0 Å². The number of nitrogens with one attached hydrogen (secondary N) is 2. The highest BCUT2D eigenvalue weighted by atomic mass is 16.3. The van der Waals surface area contributed by atoms with Gasteiger partial charge in [-0.15, -0.1) is 0 Å². The van der Waals surface area contributed by atoms with E-state index >= 15 is 0 Å². The molecule has 5 nitrogen and oxygen atoms in total. The van der Waals surface area contributed by atoms with Crippen LogP contribution in [0.1, 0.15) is 38.3 Å². The van der Waals surface area contributed by atoms with Gasteiger partial charge in [-0.3, -0.25) is 0 Å². The molecule has 0 amide bonds. The van der Waals surface area contributed by atoms with Crippen molar-refractivity contribution in [3.63, 3.8) is 0 Å². The van der Waals surface area contributed by atoms with Crippen LogP contribution >= 0.6 is 0 Å². The summed E-state index contributed by atoms with van der Waals surface area (Å²) in [5.41, 5.74) is 0.307. The summed E-state index contributed by atoms with van der Waals surface area (Å²) >= 11 is 0. The third kappa shape index (κ3) is 3.80. The van der Waals surface area contributed by atoms with Crippen LogP contribution in [0, 0.1) is 12.8 Å². The van der Waals surface area contributed by atoms with Gasteiger partial charge < -0.3 is 15.7 Å². The van der Waals surface area contributed by atoms with Crippen LogP contribution in [-0.2, 0) is 0 Å². The van der Waals surface area contributed by atoms with Gasteiger partial charge in [0.1, 0.15) is 5.82 Å². The Kier molecular flexibility index (Phi) is 4.24. The SMILES string of the molecule is CNc1nc(C)cc(NCC2(O)CCCC(C)C2)n1. The molecular weight excluding hydrogens is 240 g/mol. The lowest BCUT2D eigenvalue weighted by Gasteiger charge is -2.35. The maximum Gasteiger partial charge on any atom is 0.224 e. The molecule has 0 aliphatic heterocycles. The third-order valence-corrected chi connectivity index (χ3v) is 3.74. The Morgan fingerprint density at radius 1 is 1.47 bits per heavy atom. The molecule has 2 unspecified atom stereocenters. The lowest BCUT2D eigenvalue weighted by molar-refractivity contribution is -0.000828. The molecule has 1 fully saturated rings. The fourth-order valence-corrected chi connectivity index (χ4v) is 2.82. The van der Waals surface area contributed by atoms with E-state index in [1.807, 2.05) is 13.0 Å². The molecular formula is C14H24N4O. The van der Waals surface area contributed by atoms with E-state index in [4.69, 9.17) is 0 Å². The predicted octanol–water partition coefficient (Wildman–Crippen LogP) is 2.18. The van der Waals surface area contributed by atoms with Crippen molar-refractivity contribution in [2.45, 2.75) is 45.1 Å². The number of aromatic nitrogens is 2. The molecule has 0 aromatic carbocycles. The molecule has 2 rings (SSSR count). The van der Waals surface area contributed by atoms with Crippen LogP contribution in [0.2, 0.25) is 0 Å². The van der Waals surface area contributed by atoms with Crippen LogP contribution in [0.4, 0.5) is 11.8 Å². The smallest absolute Gasteiger partial charge is 0.224 e. The van der Waals surface area contributed by atoms with Gasteiger partial charge in [-0.1, -0.05) is 19.8 Å². The lowest BCUT2D eigenvalue weighted by Crippen LogP contribution is -2.41. The number of aliphatic hydroxyl groups is 1. The monoisotopic (exact) mass is 264 g/mol. The number of aryl methyl sites for hydroxylation is 1. The van der Waals surface area contributed by atoms with Crippen molar-refractivity contribution in [3.05, 3.63) is 11.8 Å². The molecule has 2 atom stereocenters. The zero-order valence-corrected chi connectivity index (χ0v) is 12.0. The number of hydrogen-bond donors (Lipinski definition) is 3. The fraction of sp³-hybridized carbons (Fsp3) is 0.714. The van der Waals surface area contributed by atoms with Crippen molar-refractivity contribution in [1.29, 1.82) is 0 Å². The first-order chi connectivity index (χ1) is 9.00. The van der Waals surface area contributed by atoms with E-state index in [1.165, 1.54) is 6.42 Å². The van der Waals surface area contributed by atoms with E-state index in [0.717, 1.165) is 30.8 Å². The molecule has 1 aromatic rings. The maximum atomic E-state index is 10.6. The van der Waals surface area contributed by atoms with Crippen molar-refractivity contribution in [3.8, 4) is 0 Å². The number of hydrogen-bond acceptors (Lipinski definition) is 5. The van der Waals surface area contributed by atoms with Crippen molar-refractivity contribution < 1.29 is 5.11 Å². The predicted molar refractivity (Wildman–Crippen MR) is 77.4 cm³/mol. The first kappa shape index (κ1) is 14.1. The minimum absolute atomic E-state index is 0.553. The summed E-state index contributed by atoms with van der Waals surface area (Å²) in [6.07, 6.45) is 4.05. The van der Waals surface area contributed by atoms with E-state index in [9.17, 15) is 5.11 Å². The third-order valence-electron chi connectivity index (χ3n) is 3.74. The summed E-state index contributed by atoms with van der Waals surface area (Å²) < 4.78 is 0. The summed E-state index contributed by atoms with van der Waals surface area (Å²) in [4.78, 5) is 8.59. The van der Waals surface area contributed by atoms with Crippen LogP contribution in [-0.4, -0.2) is 34.3 Å². The minimum Gasteiger partial charge on any atom is -0.388 e. The van der Waals surface area contributed by atoms with E-state index in [-0.39, 0.29) is 0 Å². The Balaban J connectivity index is 1.99. The molecule has 1 heterocycles. The largest absolute Gasteiger partial charge is 0.388 e. The molecule has 0 saturated heterocycles. The highest BCUT2D eigenvalue weighted by molar-refractivity contribution is 5.42. The first-order valence-corrected chi connectivity index (χ1v) is 7.00. The van der Waals surface area contributed by atoms with Gasteiger partial charge in [-0.2, -0.15) is 4.98 Å². The van der Waals surface area contributed by atoms with Crippen molar-refractivity contribution >= 4 is 11.8 Å². The summed E-state index contributed by atoms with van der Waals surface area (Å²) in [6.45, 7) is 4.69. The minimum atomic E-state index is -0.601. The van der Waals surface area contributed by atoms with Crippen molar-refractivity contribution in [2.24, 2.45) is 5.92 Å². The van der Waals surface area contributed by atoms with Gasteiger partial charge in [0, 0.05) is 25.4 Å². The van der Waals surface area contributed by atoms with E-state index in [1.54, 1.807) is 7.05 Å². The van der Waals surface area contributed by atoms with Crippen LogP contribution in [0.15, 0.2) is 6.07 Å². The van der Waals surface area contributed by atoms with Gasteiger partial charge in [0.2, 0.25) is 5.95 Å². The molecule has 0 spiro atoms. The number of anilines is 2. The van der Waals surface area contributed by atoms with Crippen LogP contribution in [0.25, 0.3) is 0 Å². The Labute approximate surface area is 114 Å². The van der Waals surface area contributed by atoms with E-state index in [0.29, 0.717) is 18.4 Å². The van der Waals surface area contributed by atoms with Crippen LogP contribution in [0.3, 0.4) is 0 Å². The van der Waals surface area contributed by atoms with E-state index < -0.39 is 5.60 Å². The highest BCUT2D eigenvalue weighted by Gasteiger charge is 2.32. The summed E-state index contributed by atoms with van der Waals surface area (Å²) in [6, 6.07) is 1.90. The Bertz CT molecular complexity index is 437. The summed E-state index contributed by atoms with van der Waals surface area (Å²) in [5.74, 6) is 1.97. The molecule has 19 heavy (non-hydrogen) atoms. The quantitative estimate of drug-likeness (QED) is 0.777.